The summed E-state index contributed by atoms with van der Waals surface area (Å²) in [5.74, 6) is -0.419. The molecule has 0 aliphatic carbocycles. The van der Waals surface area contributed by atoms with E-state index in [1.54, 1.807) is 54.6 Å². The number of anilines is 1. The van der Waals surface area contributed by atoms with E-state index in [-0.39, 0.29) is 12.2 Å². The quantitative estimate of drug-likeness (QED) is 0.461. The number of thiazole rings is 1. The van der Waals surface area contributed by atoms with Gasteiger partial charge < -0.3 is 5.32 Å². The van der Waals surface area contributed by atoms with E-state index < -0.39 is 17.2 Å². The molecule has 0 aliphatic heterocycles. The van der Waals surface area contributed by atoms with E-state index in [1.165, 1.54) is 27.7 Å². The van der Waals surface area contributed by atoms with Crippen LogP contribution in [0.1, 0.15) is 0 Å². The van der Waals surface area contributed by atoms with Crippen LogP contribution in [0.2, 0.25) is 5.02 Å². The Morgan fingerprint density at radius 2 is 1.83 bits per heavy atom. The van der Waals surface area contributed by atoms with Gasteiger partial charge in [0.15, 0.2) is 9.99 Å². The first kappa shape index (κ1) is 20.4. The van der Waals surface area contributed by atoms with E-state index in [2.05, 4.69) is 10.3 Å². The number of aromatic nitrogens is 3. The highest BCUT2D eigenvalue weighted by molar-refractivity contribution is 8.00. The number of para-hydroxylation sites is 1. The summed E-state index contributed by atoms with van der Waals surface area (Å²) >= 11 is 8.44. The SMILES string of the molecule is CSc1nc2c(s1)c(=O)n(-c1ccccc1)c(=O)n2CC(=O)Nc1ccc(Cl)cc1. The third-order valence-electron chi connectivity index (χ3n) is 4.28. The van der Waals surface area contributed by atoms with E-state index in [1.807, 2.05) is 6.26 Å². The summed E-state index contributed by atoms with van der Waals surface area (Å²) in [4.78, 5) is 43.3. The van der Waals surface area contributed by atoms with Crippen LogP contribution in [0.5, 0.6) is 0 Å². The van der Waals surface area contributed by atoms with Crippen LogP contribution < -0.4 is 16.6 Å². The fourth-order valence-corrected chi connectivity index (χ4v) is 4.55. The number of benzene rings is 2. The van der Waals surface area contributed by atoms with Crippen molar-refractivity contribution in [3.05, 3.63) is 80.5 Å². The van der Waals surface area contributed by atoms with Crippen molar-refractivity contribution in [1.29, 1.82) is 0 Å². The van der Waals surface area contributed by atoms with Crippen LogP contribution in [0.3, 0.4) is 0 Å². The summed E-state index contributed by atoms with van der Waals surface area (Å²) in [6.45, 7) is -0.289. The maximum absolute atomic E-state index is 13.2. The van der Waals surface area contributed by atoms with Crippen LogP contribution in [0, 0.1) is 0 Å². The van der Waals surface area contributed by atoms with Crippen LogP contribution in [0.15, 0.2) is 68.5 Å². The van der Waals surface area contributed by atoms with Crippen molar-refractivity contribution in [2.45, 2.75) is 10.9 Å². The number of carbonyl (C=O) groups excluding carboxylic acids is 1. The first-order chi connectivity index (χ1) is 14.5. The molecule has 0 bridgehead atoms. The predicted octanol–water partition coefficient (Wildman–Crippen LogP) is 3.62. The third-order valence-corrected chi connectivity index (χ3v) is 6.55. The van der Waals surface area contributed by atoms with Gasteiger partial charge in [0.05, 0.1) is 5.69 Å². The molecule has 10 heteroatoms. The Morgan fingerprint density at radius 3 is 2.50 bits per heavy atom. The molecule has 2 heterocycles. The van der Waals surface area contributed by atoms with Crippen molar-refractivity contribution in [3.63, 3.8) is 0 Å². The van der Waals surface area contributed by atoms with Gasteiger partial charge in [0, 0.05) is 10.7 Å². The molecule has 4 rings (SSSR count). The highest BCUT2D eigenvalue weighted by Crippen LogP contribution is 2.25. The van der Waals surface area contributed by atoms with Crippen LogP contribution in [-0.4, -0.2) is 26.3 Å². The molecule has 30 heavy (non-hydrogen) atoms. The van der Waals surface area contributed by atoms with E-state index >= 15 is 0 Å². The summed E-state index contributed by atoms with van der Waals surface area (Å²) in [7, 11) is 0. The monoisotopic (exact) mass is 458 g/mol. The zero-order valence-corrected chi connectivity index (χ0v) is 18.1. The first-order valence-electron chi connectivity index (χ1n) is 8.79. The molecule has 0 radical (unpaired) electrons. The Hall–Kier alpha value is -2.88. The fraction of sp³-hybridized carbons (Fsp3) is 0.100. The van der Waals surface area contributed by atoms with Gasteiger partial charge in [0.1, 0.15) is 11.2 Å². The van der Waals surface area contributed by atoms with Crippen molar-refractivity contribution < 1.29 is 4.79 Å². The molecule has 7 nitrogen and oxygen atoms in total. The maximum atomic E-state index is 13.2. The van der Waals surface area contributed by atoms with Gasteiger partial charge in [-0.3, -0.25) is 14.2 Å². The van der Waals surface area contributed by atoms with Gasteiger partial charge in [-0.15, -0.1) is 11.3 Å². The zero-order valence-electron chi connectivity index (χ0n) is 15.7. The minimum absolute atomic E-state index is 0.206. The predicted molar refractivity (Wildman–Crippen MR) is 121 cm³/mol. The smallest absolute Gasteiger partial charge is 0.325 e. The van der Waals surface area contributed by atoms with Gasteiger partial charge in [0.25, 0.3) is 5.56 Å². The van der Waals surface area contributed by atoms with Gasteiger partial charge in [-0.25, -0.2) is 14.3 Å². The van der Waals surface area contributed by atoms with Gasteiger partial charge in [0.2, 0.25) is 5.91 Å². The number of nitrogens with zero attached hydrogens (tertiary/aromatic N) is 3. The molecule has 152 valence electrons. The lowest BCUT2D eigenvalue weighted by molar-refractivity contribution is -0.116. The number of hydrogen-bond donors (Lipinski definition) is 1. The summed E-state index contributed by atoms with van der Waals surface area (Å²) in [6, 6.07) is 15.3. The minimum Gasteiger partial charge on any atom is -0.325 e. The molecule has 1 N–H and O–H groups in total. The number of halogens is 1. The molecule has 4 aromatic rings. The summed E-state index contributed by atoms with van der Waals surface area (Å²) in [6.07, 6.45) is 1.84. The van der Waals surface area contributed by atoms with E-state index in [0.717, 1.165) is 4.57 Å². The Bertz CT molecular complexity index is 1340. The third kappa shape index (κ3) is 3.91. The van der Waals surface area contributed by atoms with E-state index in [0.29, 0.717) is 25.4 Å². The molecule has 0 unspecified atom stereocenters. The van der Waals surface area contributed by atoms with Crippen molar-refractivity contribution in [3.8, 4) is 5.69 Å². The molecule has 0 aliphatic rings. The lowest BCUT2D eigenvalue weighted by Crippen LogP contribution is -2.40. The number of hydrogen-bond acceptors (Lipinski definition) is 6. The second-order valence-corrected chi connectivity index (χ2v) is 8.73. The molecule has 0 saturated carbocycles. The molecule has 0 spiro atoms. The lowest BCUT2D eigenvalue weighted by Gasteiger charge is -2.11. The highest BCUT2D eigenvalue weighted by atomic mass is 35.5. The molecule has 2 aromatic heterocycles. The normalized spacial score (nSPS) is 11.0. The lowest BCUT2D eigenvalue weighted by atomic mass is 10.3. The molecule has 2 aromatic carbocycles. The van der Waals surface area contributed by atoms with Gasteiger partial charge in [-0.05, 0) is 42.7 Å². The molecule has 0 fully saturated rings. The van der Waals surface area contributed by atoms with E-state index in [4.69, 9.17) is 11.6 Å². The van der Waals surface area contributed by atoms with E-state index in [9.17, 15) is 14.4 Å². The summed E-state index contributed by atoms with van der Waals surface area (Å²) in [5.41, 5.74) is 0.113. The van der Waals surface area contributed by atoms with Gasteiger partial charge >= 0.3 is 5.69 Å². The Morgan fingerprint density at radius 1 is 1.13 bits per heavy atom. The second-order valence-electron chi connectivity index (χ2n) is 6.24. The molecular formula is C20H15ClN4O3S2. The number of thioether (sulfide) groups is 1. The average Bonchev–Trinajstić information content (AvgIpc) is 3.19. The van der Waals surface area contributed by atoms with Gasteiger partial charge in [-0.1, -0.05) is 41.6 Å². The Balaban J connectivity index is 1.82. The van der Waals surface area contributed by atoms with Crippen molar-refractivity contribution in [1.82, 2.24) is 14.1 Å². The van der Waals surface area contributed by atoms with Crippen LogP contribution in [0.4, 0.5) is 5.69 Å². The van der Waals surface area contributed by atoms with Crippen LogP contribution in [0.25, 0.3) is 16.0 Å². The Labute approximate surface area is 184 Å². The highest BCUT2D eigenvalue weighted by Gasteiger charge is 2.20. The van der Waals surface area contributed by atoms with Crippen LogP contribution >= 0.6 is 34.7 Å². The van der Waals surface area contributed by atoms with Crippen molar-refractivity contribution in [2.75, 3.05) is 11.6 Å². The zero-order chi connectivity index (χ0) is 21.3. The van der Waals surface area contributed by atoms with Gasteiger partial charge in [-0.2, -0.15) is 0 Å². The number of fused-ring (bicyclic) bond motifs is 1. The minimum atomic E-state index is -0.622. The molecule has 0 atom stereocenters. The molecular weight excluding hydrogens is 444 g/mol. The average molecular weight is 459 g/mol. The van der Waals surface area contributed by atoms with Crippen LogP contribution in [-0.2, 0) is 11.3 Å². The number of carbonyl (C=O) groups is 1. The molecule has 1 amide bonds. The maximum Gasteiger partial charge on any atom is 0.337 e. The summed E-state index contributed by atoms with van der Waals surface area (Å²) in [5, 5.41) is 3.28. The van der Waals surface area contributed by atoms with Crippen molar-refractivity contribution in [2.24, 2.45) is 0 Å². The van der Waals surface area contributed by atoms with Crippen molar-refractivity contribution >= 4 is 56.6 Å². The standard InChI is InChI=1S/C20H15ClN4O3S2/c1-29-19-23-17-16(30-19)18(27)25(14-5-3-2-4-6-14)20(28)24(17)11-15(26)22-13-9-7-12(21)8-10-13/h2-10H,11H2,1H3,(H,22,26). The number of rotatable bonds is 5. The molecule has 0 saturated heterocycles. The second kappa shape index (κ2) is 8.47. The topological polar surface area (TPSA) is 86.0 Å². The fourth-order valence-electron chi connectivity index (χ4n) is 2.93. The number of nitrogens with one attached hydrogen (secondary N) is 1. The Kier molecular flexibility index (Phi) is 5.76. The number of amides is 1. The largest absolute Gasteiger partial charge is 0.337 e. The summed E-state index contributed by atoms with van der Waals surface area (Å²) < 4.78 is 3.26. The first-order valence-corrected chi connectivity index (χ1v) is 11.2.